The first-order valence-corrected chi connectivity index (χ1v) is 6.96. The van der Waals surface area contributed by atoms with Crippen LogP contribution < -0.4 is 10.6 Å². The van der Waals surface area contributed by atoms with Gasteiger partial charge in [0, 0.05) is 31.2 Å². The third-order valence-corrected chi connectivity index (χ3v) is 3.19. The molecule has 0 aromatic heterocycles. The highest BCUT2D eigenvalue weighted by Gasteiger charge is 2.29. The van der Waals surface area contributed by atoms with Crippen LogP contribution in [0.25, 0.3) is 0 Å². The van der Waals surface area contributed by atoms with Gasteiger partial charge in [-0.05, 0) is 37.0 Å². The zero-order valence-corrected chi connectivity index (χ0v) is 11.4. The first-order chi connectivity index (χ1) is 9.69. The van der Waals surface area contributed by atoms with Gasteiger partial charge in [0.2, 0.25) is 11.8 Å². The Morgan fingerprint density at radius 3 is 2.80 bits per heavy atom. The van der Waals surface area contributed by atoms with Crippen molar-refractivity contribution in [3.8, 4) is 0 Å². The molecule has 0 heterocycles. The van der Waals surface area contributed by atoms with Crippen molar-refractivity contribution in [2.24, 2.45) is 5.92 Å². The van der Waals surface area contributed by atoms with E-state index in [1.807, 2.05) is 24.3 Å². The summed E-state index contributed by atoms with van der Waals surface area (Å²) in [6.45, 7) is 0.452. The molecule has 5 heteroatoms. The molecule has 0 radical (unpaired) electrons. The molecule has 1 saturated carbocycles. The van der Waals surface area contributed by atoms with Crippen molar-refractivity contribution in [1.29, 1.82) is 0 Å². The number of hydrogen-bond donors (Lipinski definition) is 3. The molecule has 0 bridgehead atoms. The quantitative estimate of drug-likeness (QED) is 0.705. The number of nitrogens with one attached hydrogen (secondary N) is 2. The first kappa shape index (κ1) is 14.5. The van der Waals surface area contributed by atoms with Gasteiger partial charge < -0.3 is 15.7 Å². The van der Waals surface area contributed by atoms with Crippen LogP contribution in [0, 0.1) is 5.92 Å². The van der Waals surface area contributed by atoms with Gasteiger partial charge in [-0.15, -0.1) is 0 Å². The lowest BCUT2D eigenvalue weighted by molar-refractivity contribution is -0.121. The molecule has 0 saturated heterocycles. The SMILES string of the molecule is O=C(CCCO)NCc1cccc(NC(=O)C2CC2)c1. The van der Waals surface area contributed by atoms with Gasteiger partial charge >= 0.3 is 0 Å². The Morgan fingerprint density at radius 2 is 2.10 bits per heavy atom. The van der Waals surface area contributed by atoms with Crippen molar-refractivity contribution in [3.05, 3.63) is 29.8 Å². The summed E-state index contributed by atoms with van der Waals surface area (Å²) in [4.78, 5) is 23.1. The van der Waals surface area contributed by atoms with Gasteiger partial charge in [-0.1, -0.05) is 12.1 Å². The minimum Gasteiger partial charge on any atom is -0.396 e. The number of carbonyl (C=O) groups is 2. The molecule has 2 amide bonds. The third kappa shape index (κ3) is 4.66. The number of aliphatic hydroxyl groups excluding tert-OH is 1. The highest BCUT2D eigenvalue weighted by Crippen LogP contribution is 2.30. The lowest BCUT2D eigenvalue weighted by Gasteiger charge is -2.08. The number of rotatable bonds is 7. The third-order valence-electron chi connectivity index (χ3n) is 3.19. The zero-order valence-electron chi connectivity index (χ0n) is 11.4. The van der Waals surface area contributed by atoms with Gasteiger partial charge in [-0.3, -0.25) is 9.59 Å². The van der Waals surface area contributed by atoms with E-state index < -0.39 is 0 Å². The van der Waals surface area contributed by atoms with Gasteiger partial charge in [0.1, 0.15) is 0 Å². The first-order valence-electron chi connectivity index (χ1n) is 6.96. The van der Waals surface area contributed by atoms with E-state index in [1.54, 1.807) is 0 Å². The normalized spacial score (nSPS) is 13.8. The van der Waals surface area contributed by atoms with Crippen molar-refractivity contribution in [3.63, 3.8) is 0 Å². The van der Waals surface area contributed by atoms with Crippen LogP contribution in [-0.2, 0) is 16.1 Å². The average molecular weight is 276 g/mol. The average Bonchev–Trinajstić information content (AvgIpc) is 3.28. The van der Waals surface area contributed by atoms with Crippen LogP contribution >= 0.6 is 0 Å². The molecule has 5 nitrogen and oxygen atoms in total. The van der Waals surface area contributed by atoms with Crippen molar-refractivity contribution in [1.82, 2.24) is 5.32 Å². The molecule has 1 aliphatic rings. The van der Waals surface area contributed by atoms with E-state index in [4.69, 9.17) is 5.11 Å². The number of benzene rings is 1. The number of hydrogen-bond acceptors (Lipinski definition) is 3. The molecule has 20 heavy (non-hydrogen) atoms. The topological polar surface area (TPSA) is 78.4 Å². The van der Waals surface area contributed by atoms with Gasteiger partial charge in [-0.25, -0.2) is 0 Å². The summed E-state index contributed by atoms with van der Waals surface area (Å²) in [6.07, 6.45) is 2.76. The van der Waals surface area contributed by atoms with Crippen LogP contribution in [0.1, 0.15) is 31.2 Å². The van der Waals surface area contributed by atoms with Gasteiger partial charge in [0.25, 0.3) is 0 Å². The summed E-state index contributed by atoms with van der Waals surface area (Å²) in [5.74, 6) is 0.178. The van der Waals surface area contributed by atoms with Gasteiger partial charge in [0.15, 0.2) is 0 Å². The molecule has 0 unspecified atom stereocenters. The van der Waals surface area contributed by atoms with Crippen molar-refractivity contribution < 1.29 is 14.7 Å². The predicted molar refractivity (Wildman–Crippen MR) is 76.0 cm³/mol. The summed E-state index contributed by atoms with van der Waals surface area (Å²) in [6, 6.07) is 7.47. The lowest BCUT2D eigenvalue weighted by atomic mass is 10.2. The summed E-state index contributed by atoms with van der Waals surface area (Å²) in [5.41, 5.74) is 1.71. The monoisotopic (exact) mass is 276 g/mol. The van der Waals surface area contributed by atoms with Crippen LogP contribution in [-0.4, -0.2) is 23.5 Å². The van der Waals surface area contributed by atoms with E-state index in [0.29, 0.717) is 19.4 Å². The molecule has 0 atom stereocenters. The van der Waals surface area contributed by atoms with Crippen LogP contribution in [0.5, 0.6) is 0 Å². The minimum atomic E-state index is -0.0773. The summed E-state index contributed by atoms with van der Waals surface area (Å²) < 4.78 is 0. The zero-order chi connectivity index (χ0) is 14.4. The largest absolute Gasteiger partial charge is 0.396 e. The van der Waals surface area contributed by atoms with Crippen LogP contribution in [0.3, 0.4) is 0 Å². The van der Waals surface area contributed by atoms with Gasteiger partial charge in [0.05, 0.1) is 0 Å². The molecule has 0 spiro atoms. The fraction of sp³-hybridized carbons (Fsp3) is 0.467. The van der Waals surface area contributed by atoms with Crippen molar-refractivity contribution in [2.45, 2.75) is 32.2 Å². The number of amides is 2. The smallest absolute Gasteiger partial charge is 0.227 e. The van der Waals surface area contributed by atoms with E-state index in [1.165, 1.54) is 0 Å². The summed E-state index contributed by atoms with van der Waals surface area (Å²) in [7, 11) is 0. The Morgan fingerprint density at radius 1 is 1.30 bits per heavy atom. The Labute approximate surface area is 118 Å². The molecule has 1 aromatic rings. The molecule has 1 aliphatic carbocycles. The Bertz CT molecular complexity index is 484. The van der Waals surface area contributed by atoms with E-state index in [0.717, 1.165) is 24.1 Å². The van der Waals surface area contributed by atoms with E-state index in [-0.39, 0.29) is 24.3 Å². The molecule has 108 valence electrons. The molecule has 1 fully saturated rings. The fourth-order valence-electron chi connectivity index (χ4n) is 1.88. The summed E-state index contributed by atoms with van der Waals surface area (Å²) in [5, 5.41) is 14.3. The second kappa shape index (κ2) is 7.05. The Hall–Kier alpha value is -1.88. The highest BCUT2D eigenvalue weighted by molar-refractivity contribution is 5.94. The molecular formula is C15H20N2O3. The maximum atomic E-state index is 11.7. The molecule has 0 aliphatic heterocycles. The van der Waals surface area contributed by atoms with Crippen molar-refractivity contribution in [2.75, 3.05) is 11.9 Å². The predicted octanol–water partition coefficient (Wildman–Crippen LogP) is 1.42. The second-order valence-corrected chi connectivity index (χ2v) is 5.07. The van der Waals surface area contributed by atoms with E-state index in [2.05, 4.69) is 10.6 Å². The molecule has 1 aromatic carbocycles. The second-order valence-electron chi connectivity index (χ2n) is 5.07. The van der Waals surface area contributed by atoms with Crippen molar-refractivity contribution >= 4 is 17.5 Å². The lowest BCUT2D eigenvalue weighted by Crippen LogP contribution is -2.22. The van der Waals surface area contributed by atoms with Crippen LogP contribution in [0.2, 0.25) is 0 Å². The standard InChI is InChI=1S/C15H20N2O3/c18-8-2-5-14(19)16-10-11-3-1-4-13(9-11)17-15(20)12-6-7-12/h1,3-4,9,12,18H,2,5-8,10H2,(H,16,19)(H,17,20). The van der Waals surface area contributed by atoms with Gasteiger partial charge in [-0.2, -0.15) is 0 Å². The molecule has 2 rings (SSSR count). The van der Waals surface area contributed by atoms with Crippen LogP contribution in [0.15, 0.2) is 24.3 Å². The Kier molecular flexibility index (Phi) is 5.12. The van der Waals surface area contributed by atoms with Crippen LogP contribution in [0.4, 0.5) is 5.69 Å². The van der Waals surface area contributed by atoms with E-state index >= 15 is 0 Å². The highest BCUT2D eigenvalue weighted by atomic mass is 16.3. The fourth-order valence-corrected chi connectivity index (χ4v) is 1.88. The number of aliphatic hydroxyl groups is 1. The molecule has 3 N–H and O–H groups in total. The minimum absolute atomic E-state index is 0.0239. The maximum Gasteiger partial charge on any atom is 0.227 e. The molecular weight excluding hydrogens is 256 g/mol. The number of carbonyl (C=O) groups excluding carboxylic acids is 2. The number of anilines is 1. The maximum absolute atomic E-state index is 11.7. The van der Waals surface area contributed by atoms with E-state index in [9.17, 15) is 9.59 Å². The Balaban J connectivity index is 1.82. The summed E-state index contributed by atoms with van der Waals surface area (Å²) >= 11 is 0.